The summed E-state index contributed by atoms with van der Waals surface area (Å²) in [6, 6.07) is 0. The molecule has 0 saturated heterocycles. The number of rotatable bonds is 14. The van der Waals surface area contributed by atoms with Gasteiger partial charge in [0.2, 0.25) is 0 Å². The van der Waals surface area contributed by atoms with Crippen molar-refractivity contribution in [2.24, 2.45) is 0 Å². The van der Waals surface area contributed by atoms with Crippen LogP contribution >= 0.6 is 0 Å². The Kier molecular flexibility index (Phi) is 14.4. The number of carbonyl (C=O) groups is 2. The maximum atomic E-state index is 11.0. The molecule has 21 heavy (non-hydrogen) atoms. The van der Waals surface area contributed by atoms with Crippen LogP contribution < -0.4 is 0 Å². The number of methoxy groups -OCH3 is 1. The summed E-state index contributed by atoms with van der Waals surface area (Å²) < 4.78 is 25.1. The van der Waals surface area contributed by atoms with E-state index >= 15 is 0 Å². The van der Waals surface area contributed by atoms with Crippen molar-refractivity contribution in [2.45, 2.75) is 26.2 Å². The second kappa shape index (κ2) is 15.2. The van der Waals surface area contributed by atoms with Gasteiger partial charge in [-0.15, -0.1) is 0 Å². The highest BCUT2D eigenvalue weighted by molar-refractivity contribution is 5.69. The minimum atomic E-state index is -0.288. The number of hydrogen-bond acceptors (Lipinski definition) is 7. The maximum absolute atomic E-state index is 11.0. The first-order chi connectivity index (χ1) is 10.2. The zero-order chi connectivity index (χ0) is 15.8. The number of hydrogen-bond donors (Lipinski definition) is 0. The fourth-order valence-corrected chi connectivity index (χ4v) is 1.29. The Morgan fingerprint density at radius 3 is 1.76 bits per heavy atom. The molecule has 0 unspecified atom stereocenters. The monoisotopic (exact) mass is 306 g/mol. The number of carbonyl (C=O) groups excluding carboxylic acids is 2. The summed E-state index contributed by atoms with van der Waals surface area (Å²) in [5.41, 5.74) is 0. The predicted molar refractivity (Wildman–Crippen MR) is 75.0 cm³/mol. The smallest absolute Gasteiger partial charge is 0.307 e. The van der Waals surface area contributed by atoms with E-state index in [0.717, 1.165) is 6.42 Å². The normalized spacial score (nSPS) is 10.4. The van der Waals surface area contributed by atoms with Gasteiger partial charge in [-0.05, 0) is 6.42 Å². The zero-order valence-corrected chi connectivity index (χ0v) is 12.9. The van der Waals surface area contributed by atoms with Crippen LogP contribution in [0, 0.1) is 0 Å². The third-order valence-electron chi connectivity index (χ3n) is 2.37. The molecule has 124 valence electrons. The van der Waals surface area contributed by atoms with Crippen LogP contribution in [-0.4, -0.2) is 65.3 Å². The summed E-state index contributed by atoms with van der Waals surface area (Å²) in [5, 5.41) is 0. The molecule has 7 nitrogen and oxygen atoms in total. The van der Waals surface area contributed by atoms with Crippen LogP contribution in [0.2, 0.25) is 0 Å². The lowest BCUT2D eigenvalue weighted by Gasteiger charge is -2.07. The Labute approximate surface area is 125 Å². The molecule has 0 rings (SSSR count). The average molecular weight is 306 g/mol. The average Bonchev–Trinajstić information content (AvgIpc) is 2.48. The highest BCUT2D eigenvalue weighted by Gasteiger charge is 2.00. The van der Waals surface area contributed by atoms with Crippen LogP contribution in [0.15, 0.2) is 0 Å². The first-order valence-corrected chi connectivity index (χ1v) is 7.16. The zero-order valence-electron chi connectivity index (χ0n) is 12.9. The second-order valence-electron chi connectivity index (χ2n) is 4.13. The molecular formula is C14H26O7. The minimum absolute atomic E-state index is 0.193. The molecule has 0 fully saturated rings. The molecule has 7 heteroatoms. The molecule has 0 aromatic heterocycles. The van der Waals surface area contributed by atoms with Crippen molar-refractivity contribution in [1.82, 2.24) is 0 Å². The van der Waals surface area contributed by atoms with E-state index in [1.165, 1.54) is 7.11 Å². The van der Waals surface area contributed by atoms with Crippen molar-refractivity contribution < 1.29 is 33.3 Å². The summed E-state index contributed by atoms with van der Waals surface area (Å²) in [7, 11) is 1.34. The lowest BCUT2D eigenvalue weighted by Crippen LogP contribution is -2.14. The summed E-state index contributed by atoms with van der Waals surface area (Å²) in [6.07, 6.45) is 1.48. The van der Waals surface area contributed by atoms with E-state index in [-0.39, 0.29) is 25.0 Å². The van der Waals surface area contributed by atoms with E-state index in [4.69, 9.17) is 18.9 Å². The molecule has 0 aliphatic rings. The molecule has 0 radical (unpaired) electrons. The first-order valence-electron chi connectivity index (χ1n) is 7.16. The Morgan fingerprint density at radius 2 is 1.24 bits per heavy atom. The van der Waals surface area contributed by atoms with Gasteiger partial charge in [0.1, 0.15) is 6.61 Å². The van der Waals surface area contributed by atoms with Crippen LogP contribution in [0.25, 0.3) is 0 Å². The van der Waals surface area contributed by atoms with E-state index in [0.29, 0.717) is 46.1 Å². The molecule has 0 amide bonds. The standard InChI is InChI=1S/C14H26O7/c1-3-4-14(16)21-12-11-20-10-9-19-8-7-18-6-5-13(15)17-2/h3-12H2,1-2H3. The van der Waals surface area contributed by atoms with Gasteiger partial charge >= 0.3 is 11.9 Å². The minimum Gasteiger partial charge on any atom is -0.469 e. The number of esters is 2. The van der Waals surface area contributed by atoms with E-state index in [2.05, 4.69) is 4.74 Å². The van der Waals surface area contributed by atoms with Gasteiger partial charge in [0.15, 0.2) is 0 Å². The lowest BCUT2D eigenvalue weighted by atomic mass is 10.3. The van der Waals surface area contributed by atoms with Gasteiger partial charge in [-0.3, -0.25) is 9.59 Å². The van der Waals surface area contributed by atoms with E-state index < -0.39 is 0 Å². The van der Waals surface area contributed by atoms with Crippen molar-refractivity contribution in [3.05, 3.63) is 0 Å². The highest BCUT2D eigenvalue weighted by atomic mass is 16.6. The maximum Gasteiger partial charge on any atom is 0.307 e. The van der Waals surface area contributed by atoms with Crippen molar-refractivity contribution in [3.63, 3.8) is 0 Å². The van der Waals surface area contributed by atoms with Crippen LogP contribution in [0.5, 0.6) is 0 Å². The van der Waals surface area contributed by atoms with Gasteiger partial charge in [-0.2, -0.15) is 0 Å². The number of ether oxygens (including phenoxy) is 5. The predicted octanol–water partition coefficient (Wildman–Crippen LogP) is 0.943. The summed E-state index contributed by atoms with van der Waals surface area (Å²) >= 11 is 0. The molecule has 0 saturated carbocycles. The molecule has 0 aromatic rings. The quantitative estimate of drug-likeness (QED) is 0.349. The Bertz CT molecular complexity index is 268. The van der Waals surface area contributed by atoms with Crippen molar-refractivity contribution >= 4 is 11.9 Å². The molecule has 0 heterocycles. The van der Waals surface area contributed by atoms with Gasteiger partial charge in [0.25, 0.3) is 0 Å². The van der Waals surface area contributed by atoms with Crippen LogP contribution in [0.4, 0.5) is 0 Å². The van der Waals surface area contributed by atoms with Crippen LogP contribution in [0.3, 0.4) is 0 Å². The topological polar surface area (TPSA) is 80.3 Å². The first kappa shape index (κ1) is 19.8. The highest BCUT2D eigenvalue weighted by Crippen LogP contribution is 1.91. The molecule has 0 aliphatic carbocycles. The summed E-state index contributed by atoms with van der Waals surface area (Å²) in [6.45, 7) is 4.65. The molecule has 0 N–H and O–H groups in total. The molecule has 0 aliphatic heterocycles. The van der Waals surface area contributed by atoms with Crippen molar-refractivity contribution in [3.8, 4) is 0 Å². The van der Waals surface area contributed by atoms with Gasteiger partial charge in [-0.1, -0.05) is 6.92 Å². The molecular weight excluding hydrogens is 280 g/mol. The van der Waals surface area contributed by atoms with Crippen LogP contribution in [0.1, 0.15) is 26.2 Å². The lowest BCUT2D eigenvalue weighted by molar-refractivity contribution is -0.145. The SMILES string of the molecule is CCCC(=O)OCCOCCOCCOCCC(=O)OC. The van der Waals surface area contributed by atoms with Crippen LogP contribution in [-0.2, 0) is 33.3 Å². The van der Waals surface area contributed by atoms with Gasteiger partial charge < -0.3 is 23.7 Å². The molecule has 0 atom stereocenters. The van der Waals surface area contributed by atoms with Gasteiger partial charge in [-0.25, -0.2) is 0 Å². The third-order valence-corrected chi connectivity index (χ3v) is 2.37. The second-order valence-corrected chi connectivity index (χ2v) is 4.13. The van der Waals surface area contributed by atoms with E-state index in [9.17, 15) is 9.59 Å². The molecule has 0 spiro atoms. The Balaban J connectivity index is 3.09. The summed E-state index contributed by atoms with van der Waals surface area (Å²) in [5.74, 6) is -0.481. The largest absolute Gasteiger partial charge is 0.469 e. The Hall–Kier alpha value is -1.18. The van der Waals surface area contributed by atoms with Crippen molar-refractivity contribution in [1.29, 1.82) is 0 Å². The fraction of sp³-hybridized carbons (Fsp3) is 0.857. The molecule has 0 aromatic carbocycles. The molecule has 0 bridgehead atoms. The fourth-order valence-electron chi connectivity index (χ4n) is 1.29. The Morgan fingerprint density at radius 1 is 0.714 bits per heavy atom. The van der Waals surface area contributed by atoms with E-state index in [1.807, 2.05) is 6.92 Å². The summed E-state index contributed by atoms with van der Waals surface area (Å²) in [4.78, 5) is 21.8. The third kappa shape index (κ3) is 15.0. The van der Waals surface area contributed by atoms with Crippen molar-refractivity contribution in [2.75, 3.05) is 53.4 Å². The van der Waals surface area contributed by atoms with Gasteiger partial charge in [0.05, 0.1) is 53.2 Å². The van der Waals surface area contributed by atoms with Gasteiger partial charge in [0, 0.05) is 6.42 Å². The van der Waals surface area contributed by atoms with E-state index in [1.54, 1.807) is 0 Å².